The first-order valence-corrected chi connectivity index (χ1v) is 6.64. The van der Waals surface area contributed by atoms with Crippen LogP contribution in [0, 0.1) is 11.6 Å². The van der Waals surface area contributed by atoms with E-state index >= 15 is 0 Å². The van der Waals surface area contributed by atoms with Crippen molar-refractivity contribution < 1.29 is 18.7 Å². The quantitative estimate of drug-likeness (QED) is 0.381. The lowest BCUT2D eigenvalue weighted by molar-refractivity contribution is 0.297. The Kier molecular flexibility index (Phi) is 4.74. The van der Waals surface area contributed by atoms with Gasteiger partial charge in [0.25, 0.3) is 0 Å². The predicted molar refractivity (Wildman–Crippen MR) is 77.3 cm³/mol. The van der Waals surface area contributed by atoms with E-state index in [0.29, 0.717) is 15.8 Å². The van der Waals surface area contributed by atoms with Crippen LogP contribution in [0.3, 0.4) is 0 Å². The molecule has 7 heteroatoms. The van der Waals surface area contributed by atoms with Crippen molar-refractivity contribution in [1.82, 2.24) is 0 Å². The lowest BCUT2D eigenvalue weighted by Crippen LogP contribution is -2.15. The summed E-state index contributed by atoms with van der Waals surface area (Å²) < 4.78 is 32.5. The maximum atomic E-state index is 13.5. The van der Waals surface area contributed by atoms with E-state index in [1.54, 1.807) is 18.2 Å². The summed E-state index contributed by atoms with van der Waals surface area (Å²) in [4.78, 5) is 0. The lowest BCUT2D eigenvalue weighted by atomic mass is 10.2. The monoisotopic (exact) mass is 356 g/mol. The maximum absolute atomic E-state index is 13.5. The van der Waals surface area contributed by atoms with Gasteiger partial charge in [-0.1, -0.05) is 21.1 Å². The van der Waals surface area contributed by atoms with Crippen LogP contribution in [0.2, 0.25) is 0 Å². The third kappa shape index (κ3) is 3.69. The van der Waals surface area contributed by atoms with Gasteiger partial charge in [0.05, 0.1) is 5.56 Å². The average molecular weight is 357 g/mol. The Balaban J connectivity index is 2.24. The molecule has 0 bridgehead atoms. The first-order valence-electron chi connectivity index (χ1n) is 5.85. The lowest BCUT2D eigenvalue weighted by Gasteiger charge is -2.11. The van der Waals surface area contributed by atoms with Crippen molar-refractivity contribution in [2.45, 2.75) is 6.61 Å². The molecule has 0 spiro atoms. The topological polar surface area (TPSA) is 67.8 Å². The van der Waals surface area contributed by atoms with Crippen LogP contribution in [0.1, 0.15) is 11.1 Å². The second kappa shape index (κ2) is 6.53. The second-order valence-electron chi connectivity index (χ2n) is 4.15. The van der Waals surface area contributed by atoms with Crippen LogP contribution >= 0.6 is 15.9 Å². The van der Waals surface area contributed by atoms with Gasteiger partial charge < -0.3 is 15.7 Å². The Hall–Kier alpha value is -2.15. The molecule has 2 aromatic carbocycles. The molecular weight excluding hydrogens is 346 g/mol. The van der Waals surface area contributed by atoms with Gasteiger partial charge in [-0.25, -0.2) is 8.78 Å². The van der Waals surface area contributed by atoms with Crippen molar-refractivity contribution >= 4 is 21.8 Å². The van der Waals surface area contributed by atoms with Gasteiger partial charge in [-0.05, 0) is 30.3 Å². The summed E-state index contributed by atoms with van der Waals surface area (Å²) in [7, 11) is 0. The number of nitrogens with two attached hydrogens (primary N) is 1. The van der Waals surface area contributed by atoms with Gasteiger partial charge in [-0.3, -0.25) is 0 Å². The molecule has 2 rings (SSSR count). The molecule has 0 aliphatic carbocycles. The fourth-order valence-electron chi connectivity index (χ4n) is 1.68. The van der Waals surface area contributed by atoms with Gasteiger partial charge in [-0.15, -0.1) is 0 Å². The third-order valence-electron chi connectivity index (χ3n) is 2.72. The number of nitrogens with zero attached hydrogens (tertiary/aromatic N) is 1. The van der Waals surface area contributed by atoms with Crippen LogP contribution in [-0.2, 0) is 6.61 Å². The largest absolute Gasteiger partial charge is 0.488 e. The van der Waals surface area contributed by atoms with E-state index in [1.165, 1.54) is 6.07 Å². The summed E-state index contributed by atoms with van der Waals surface area (Å²) in [6.07, 6.45) is 0. The molecule has 3 N–H and O–H groups in total. The van der Waals surface area contributed by atoms with Crippen molar-refractivity contribution in [2.24, 2.45) is 10.9 Å². The molecule has 0 radical (unpaired) electrons. The SMILES string of the molecule is N/C(=N/O)c1cc(Br)ccc1OCc1ccc(F)cc1F. The number of ether oxygens (including phenoxy) is 1. The smallest absolute Gasteiger partial charge is 0.173 e. The Bertz CT molecular complexity index is 693. The van der Waals surface area contributed by atoms with Crippen LogP contribution < -0.4 is 10.5 Å². The van der Waals surface area contributed by atoms with Gasteiger partial charge in [-0.2, -0.15) is 0 Å². The highest BCUT2D eigenvalue weighted by atomic mass is 79.9. The first kappa shape index (κ1) is 15.2. The Morgan fingerprint density at radius 1 is 1.24 bits per heavy atom. The van der Waals surface area contributed by atoms with E-state index in [-0.39, 0.29) is 18.0 Å². The molecule has 0 aliphatic rings. The van der Waals surface area contributed by atoms with Gasteiger partial charge >= 0.3 is 0 Å². The van der Waals surface area contributed by atoms with Crippen LogP contribution in [-0.4, -0.2) is 11.0 Å². The Morgan fingerprint density at radius 3 is 2.67 bits per heavy atom. The highest BCUT2D eigenvalue weighted by molar-refractivity contribution is 9.10. The molecule has 2 aromatic rings. The molecular formula is C14H11BrF2N2O2. The highest BCUT2D eigenvalue weighted by Gasteiger charge is 2.11. The number of rotatable bonds is 4. The summed E-state index contributed by atoms with van der Waals surface area (Å²) in [6, 6.07) is 8.13. The molecule has 0 saturated carbocycles. The van der Waals surface area contributed by atoms with Crippen molar-refractivity contribution in [3.8, 4) is 5.75 Å². The van der Waals surface area contributed by atoms with Gasteiger partial charge in [0, 0.05) is 16.1 Å². The van der Waals surface area contributed by atoms with E-state index in [9.17, 15) is 8.78 Å². The van der Waals surface area contributed by atoms with E-state index < -0.39 is 11.6 Å². The molecule has 0 fully saturated rings. The fourth-order valence-corrected chi connectivity index (χ4v) is 2.04. The Morgan fingerprint density at radius 2 is 2.00 bits per heavy atom. The van der Waals surface area contributed by atoms with Crippen molar-refractivity contribution in [2.75, 3.05) is 0 Å². The van der Waals surface area contributed by atoms with E-state index in [2.05, 4.69) is 21.1 Å². The molecule has 0 aromatic heterocycles. The van der Waals surface area contributed by atoms with Crippen LogP contribution in [0.4, 0.5) is 8.78 Å². The maximum Gasteiger partial charge on any atom is 0.173 e. The minimum atomic E-state index is -0.697. The minimum absolute atomic E-state index is 0.112. The summed E-state index contributed by atoms with van der Waals surface area (Å²) >= 11 is 3.26. The number of hydrogen-bond donors (Lipinski definition) is 2. The zero-order valence-corrected chi connectivity index (χ0v) is 12.3. The molecule has 0 unspecified atom stereocenters. The number of hydrogen-bond acceptors (Lipinski definition) is 3. The zero-order chi connectivity index (χ0) is 15.4. The molecule has 21 heavy (non-hydrogen) atoms. The molecule has 0 heterocycles. The van der Waals surface area contributed by atoms with Crippen LogP contribution in [0.5, 0.6) is 5.75 Å². The number of benzene rings is 2. The molecule has 0 amide bonds. The van der Waals surface area contributed by atoms with Crippen molar-refractivity contribution in [1.29, 1.82) is 0 Å². The molecule has 110 valence electrons. The third-order valence-corrected chi connectivity index (χ3v) is 3.22. The van der Waals surface area contributed by atoms with Gasteiger partial charge in [0.1, 0.15) is 24.0 Å². The minimum Gasteiger partial charge on any atom is -0.488 e. The predicted octanol–water partition coefficient (Wildman–Crippen LogP) is 3.40. The average Bonchev–Trinajstić information content (AvgIpc) is 2.46. The summed E-state index contributed by atoms with van der Waals surface area (Å²) in [6.45, 7) is -0.112. The zero-order valence-electron chi connectivity index (χ0n) is 10.7. The van der Waals surface area contributed by atoms with E-state index in [1.807, 2.05) is 0 Å². The second-order valence-corrected chi connectivity index (χ2v) is 5.07. The van der Waals surface area contributed by atoms with Gasteiger partial charge in [0.15, 0.2) is 5.84 Å². The fraction of sp³-hybridized carbons (Fsp3) is 0.0714. The summed E-state index contributed by atoms with van der Waals surface area (Å²) in [5.74, 6) is -1.17. The summed E-state index contributed by atoms with van der Waals surface area (Å²) in [5.41, 5.74) is 6.11. The molecule has 4 nitrogen and oxygen atoms in total. The molecule has 0 atom stereocenters. The standard InChI is InChI=1S/C14H11BrF2N2O2/c15-9-2-4-13(11(5-9)14(18)19-20)21-7-8-1-3-10(16)6-12(8)17/h1-6,20H,7H2,(H2,18,19). The summed E-state index contributed by atoms with van der Waals surface area (Å²) in [5, 5.41) is 11.7. The number of halogens is 3. The van der Waals surface area contributed by atoms with Crippen molar-refractivity contribution in [3.05, 3.63) is 63.6 Å². The highest BCUT2D eigenvalue weighted by Crippen LogP contribution is 2.24. The van der Waals surface area contributed by atoms with Crippen LogP contribution in [0.25, 0.3) is 0 Å². The van der Waals surface area contributed by atoms with Gasteiger partial charge in [0.2, 0.25) is 0 Å². The first-order chi connectivity index (χ1) is 10.0. The van der Waals surface area contributed by atoms with E-state index in [0.717, 1.165) is 12.1 Å². The number of oxime groups is 1. The molecule has 0 aliphatic heterocycles. The number of amidine groups is 1. The Labute approximate surface area is 128 Å². The molecule has 0 saturated heterocycles. The van der Waals surface area contributed by atoms with E-state index in [4.69, 9.17) is 15.7 Å². The normalized spacial score (nSPS) is 11.5. The van der Waals surface area contributed by atoms with Crippen molar-refractivity contribution in [3.63, 3.8) is 0 Å². The van der Waals surface area contributed by atoms with Crippen LogP contribution in [0.15, 0.2) is 46.0 Å².